The first-order valence-electron chi connectivity index (χ1n) is 6.88. The Bertz CT molecular complexity index is 645. The van der Waals surface area contributed by atoms with Crippen LogP contribution in [0.3, 0.4) is 0 Å². The highest BCUT2D eigenvalue weighted by molar-refractivity contribution is 6.20. The summed E-state index contributed by atoms with van der Waals surface area (Å²) in [5, 5.41) is 0. The number of methoxy groups -OCH3 is 2. The second-order valence-corrected chi connectivity index (χ2v) is 5.21. The van der Waals surface area contributed by atoms with E-state index < -0.39 is 11.9 Å². The lowest BCUT2D eigenvalue weighted by molar-refractivity contribution is -0.149. The second-order valence-electron chi connectivity index (χ2n) is 5.21. The molecule has 0 unspecified atom stereocenters. The summed E-state index contributed by atoms with van der Waals surface area (Å²) in [6.45, 7) is 3.85. The number of ether oxygens (including phenoxy) is 3. The molecule has 116 valence electrons. The highest BCUT2D eigenvalue weighted by Crippen LogP contribution is 2.29. The molecule has 1 aliphatic rings. The van der Waals surface area contributed by atoms with Gasteiger partial charge in [-0.25, -0.2) is 9.59 Å². The average Bonchev–Trinajstić information content (AvgIpc) is 2.73. The molecule has 0 spiro atoms. The van der Waals surface area contributed by atoms with E-state index in [1.165, 1.54) is 0 Å². The van der Waals surface area contributed by atoms with Gasteiger partial charge in [-0.3, -0.25) is 0 Å². The van der Waals surface area contributed by atoms with Gasteiger partial charge in [0.25, 0.3) is 0 Å². The van der Waals surface area contributed by atoms with E-state index in [0.29, 0.717) is 22.6 Å². The Morgan fingerprint density at radius 3 is 2.00 bits per heavy atom. The van der Waals surface area contributed by atoms with Crippen molar-refractivity contribution in [1.82, 2.24) is 0 Å². The predicted octanol–water partition coefficient (Wildman–Crippen LogP) is 2.75. The van der Waals surface area contributed by atoms with Crippen molar-refractivity contribution < 1.29 is 23.8 Å². The van der Waals surface area contributed by atoms with E-state index >= 15 is 0 Å². The van der Waals surface area contributed by atoms with E-state index in [2.05, 4.69) is 0 Å². The molecule has 0 amide bonds. The molecule has 1 heterocycles. The van der Waals surface area contributed by atoms with Crippen LogP contribution in [-0.4, -0.2) is 26.2 Å². The smallest absolute Gasteiger partial charge is 0.346 e. The number of hydrogen-bond acceptors (Lipinski definition) is 5. The molecule has 1 aromatic carbocycles. The Morgan fingerprint density at radius 2 is 1.50 bits per heavy atom. The Labute approximate surface area is 129 Å². The zero-order valence-electron chi connectivity index (χ0n) is 13.0. The summed E-state index contributed by atoms with van der Waals surface area (Å²) in [5.41, 5.74) is 1.23. The van der Waals surface area contributed by atoms with Gasteiger partial charge in [0, 0.05) is 6.07 Å². The molecular formula is C17H18O5. The van der Waals surface area contributed by atoms with Crippen molar-refractivity contribution in [3.05, 3.63) is 41.0 Å². The molecule has 2 rings (SSSR count). The van der Waals surface area contributed by atoms with Crippen LogP contribution in [0.4, 0.5) is 0 Å². The molecule has 5 nitrogen and oxygen atoms in total. The van der Waals surface area contributed by atoms with Crippen LogP contribution in [0.25, 0.3) is 6.08 Å². The highest BCUT2D eigenvalue weighted by Gasteiger charge is 2.33. The maximum Gasteiger partial charge on any atom is 0.346 e. The lowest BCUT2D eigenvalue weighted by Gasteiger charge is -2.06. The van der Waals surface area contributed by atoms with Gasteiger partial charge in [0.2, 0.25) is 0 Å². The van der Waals surface area contributed by atoms with Gasteiger partial charge in [-0.2, -0.15) is 0 Å². The molecule has 1 fully saturated rings. The van der Waals surface area contributed by atoms with Gasteiger partial charge >= 0.3 is 11.9 Å². The number of carbonyl (C=O) groups excluding carboxylic acids is 2. The summed E-state index contributed by atoms with van der Waals surface area (Å²) >= 11 is 0. The van der Waals surface area contributed by atoms with Gasteiger partial charge < -0.3 is 14.2 Å². The van der Waals surface area contributed by atoms with Gasteiger partial charge in [0.1, 0.15) is 11.5 Å². The first-order valence-corrected chi connectivity index (χ1v) is 6.88. The summed E-state index contributed by atoms with van der Waals surface area (Å²) in [6.07, 6.45) is 3.32. The van der Waals surface area contributed by atoms with Crippen molar-refractivity contribution in [2.24, 2.45) is 5.92 Å². The first-order chi connectivity index (χ1) is 10.4. The largest absolute Gasteiger partial charge is 0.497 e. The number of benzene rings is 1. The van der Waals surface area contributed by atoms with Crippen LogP contribution in [0.5, 0.6) is 11.5 Å². The molecule has 0 radical (unpaired) electrons. The third kappa shape index (κ3) is 3.36. The number of allylic oxidation sites excluding steroid dienone is 1. The van der Waals surface area contributed by atoms with Gasteiger partial charge in [-0.1, -0.05) is 19.9 Å². The molecule has 0 atom stereocenters. The predicted molar refractivity (Wildman–Crippen MR) is 81.5 cm³/mol. The van der Waals surface area contributed by atoms with Gasteiger partial charge in [-0.15, -0.1) is 0 Å². The molecule has 22 heavy (non-hydrogen) atoms. The lowest BCUT2D eigenvalue weighted by atomic mass is 10.0. The molecule has 0 N–H and O–H groups in total. The summed E-state index contributed by atoms with van der Waals surface area (Å²) in [5.74, 6) is 0.0618. The van der Waals surface area contributed by atoms with Crippen LogP contribution in [0, 0.1) is 5.92 Å². The quantitative estimate of drug-likeness (QED) is 0.486. The monoisotopic (exact) mass is 302 g/mol. The fourth-order valence-corrected chi connectivity index (χ4v) is 2.12. The number of esters is 2. The van der Waals surface area contributed by atoms with Gasteiger partial charge in [0.15, 0.2) is 0 Å². The van der Waals surface area contributed by atoms with Crippen LogP contribution in [0.15, 0.2) is 35.4 Å². The van der Waals surface area contributed by atoms with Gasteiger partial charge in [0.05, 0.1) is 25.4 Å². The Morgan fingerprint density at radius 1 is 0.955 bits per heavy atom. The van der Waals surface area contributed by atoms with Crippen LogP contribution >= 0.6 is 0 Å². The van der Waals surface area contributed by atoms with Crippen molar-refractivity contribution >= 4 is 18.0 Å². The molecular weight excluding hydrogens is 284 g/mol. The van der Waals surface area contributed by atoms with Crippen molar-refractivity contribution in [2.45, 2.75) is 13.8 Å². The Hall–Kier alpha value is -2.56. The van der Waals surface area contributed by atoms with Crippen LogP contribution in [0.1, 0.15) is 19.4 Å². The Kier molecular flexibility index (Phi) is 4.65. The summed E-state index contributed by atoms with van der Waals surface area (Å²) in [7, 11) is 3.09. The van der Waals surface area contributed by atoms with E-state index in [4.69, 9.17) is 14.2 Å². The zero-order valence-corrected chi connectivity index (χ0v) is 13.0. The van der Waals surface area contributed by atoms with Crippen LogP contribution in [0.2, 0.25) is 0 Å². The van der Waals surface area contributed by atoms with E-state index in [-0.39, 0.29) is 11.5 Å². The normalized spacial score (nSPS) is 18.2. The van der Waals surface area contributed by atoms with Gasteiger partial charge in [-0.05, 0) is 29.7 Å². The molecule has 1 aliphatic heterocycles. The average molecular weight is 302 g/mol. The molecule has 0 aromatic heterocycles. The second kappa shape index (κ2) is 6.47. The number of hydrogen-bond donors (Lipinski definition) is 0. The molecule has 5 heteroatoms. The Balaban J connectivity index is 2.50. The first kappa shape index (κ1) is 15.8. The van der Waals surface area contributed by atoms with Crippen LogP contribution in [-0.2, 0) is 14.3 Å². The minimum Gasteiger partial charge on any atom is -0.497 e. The minimum absolute atomic E-state index is 0.122. The third-order valence-corrected chi connectivity index (χ3v) is 3.10. The fourth-order valence-electron chi connectivity index (χ4n) is 2.12. The number of cyclic esters (lactones) is 2. The standard InChI is InChI=1S/C17H18O5/c1-10(2)5-14-15(17(19)22-16(14)18)8-11-6-12(20-3)9-13(7-11)21-4/h5-10H,1-4H3. The maximum atomic E-state index is 11.9. The van der Waals surface area contributed by atoms with E-state index in [1.807, 2.05) is 13.8 Å². The summed E-state index contributed by atoms with van der Waals surface area (Å²) < 4.78 is 15.1. The molecule has 1 saturated heterocycles. The lowest BCUT2D eigenvalue weighted by Crippen LogP contribution is -1.97. The van der Waals surface area contributed by atoms with Crippen molar-refractivity contribution in [3.8, 4) is 11.5 Å². The molecule has 1 aromatic rings. The summed E-state index contributed by atoms with van der Waals surface area (Å²) in [6, 6.07) is 5.22. The zero-order chi connectivity index (χ0) is 16.3. The molecule has 0 aliphatic carbocycles. The topological polar surface area (TPSA) is 61.8 Å². The minimum atomic E-state index is -0.640. The summed E-state index contributed by atoms with van der Waals surface area (Å²) in [4.78, 5) is 23.6. The molecule has 0 bridgehead atoms. The van der Waals surface area contributed by atoms with E-state index in [9.17, 15) is 9.59 Å². The SMILES string of the molecule is COc1cc(C=C2C(=O)OC(=O)C2=CC(C)C)cc(OC)c1. The molecule has 0 saturated carbocycles. The van der Waals surface area contributed by atoms with E-state index in [1.54, 1.807) is 44.6 Å². The van der Waals surface area contributed by atoms with Crippen molar-refractivity contribution in [1.29, 1.82) is 0 Å². The number of rotatable bonds is 4. The van der Waals surface area contributed by atoms with Crippen molar-refractivity contribution in [2.75, 3.05) is 14.2 Å². The van der Waals surface area contributed by atoms with Crippen molar-refractivity contribution in [3.63, 3.8) is 0 Å². The third-order valence-electron chi connectivity index (χ3n) is 3.10. The number of carbonyl (C=O) groups is 2. The fraction of sp³-hybridized carbons (Fsp3) is 0.294. The highest BCUT2D eigenvalue weighted by atomic mass is 16.6. The van der Waals surface area contributed by atoms with Crippen LogP contribution < -0.4 is 9.47 Å². The maximum absolute atomic E-state index is 11.9. The van der Waals surface area contributed by atoms with E-state index in [0.717, 1.165) is 0 Å².